The molecule has 1 aromatic carbocycles. The molecular weight excluding hydrogens is 348 g/mol. The second kappa shape index (κ2) is 13.7. The number of aryl methyl sites for hydroxylation is 1. The SMILES string of the molecule is C=C(CC(=O)OCCOCCCC)C(=O)OCC(=O)CCc1ccccc1. The number of hydrogen-bond acceptors (Lipinski definition) is 6. The summed E-state index contributed by atoms with van der Waals surface area (Å²) in [6.07, 6.45) is 2.60. The molecule has 1 rings (SSSR count). The van der Waals surface area contributed by atoms with Crippen molar-refractivity contribution in [2.45, 2.75) is 39.0 Å². The van der Waals surface area contributed by atoms with Gasteiger partial charge in [0.05, 0.1) is 13.0 Å². The Bertz CT molecular complexity index is 608. The molecule has 6 nitrogen and oxygen atoms in total. The summed E-state index contributed by atoms with van der Waals surface area (Å²) in [5.74, 6) is -1.53. The third kappa shape index (κ3) is 11.0. The van der Waals surface area contributed by atoms with Crippen LogP contribution in [0.1, 0.15) is 38.2 Å². The Balaban J connectivity index is 2.15. The minimum atomic E-state index is -0.765. The first-order chi connectivity index (χ1) is 13.0. The second-order valence-corrected chi connectivity index (χ2v) is 6.07. The van der Waals surface area contributed by atoms with E-state index in [2.05, 4.69) is 13.5 Å². The van der Waals surface area contributed by atoms with Gasteiger partial charge in [-0.25, -0.2) is 4.79 Å². The number of Topliss-reactive ketones (excluding diaryl/α,β-unsaturated/α-hetero) is 1. The summed E-state index contributed by atoms with van der Waals surface area (Å²) in [6, 6.07) is 9.58. The smallest absolute Gasteiger partial charge is 0.334 e. The highest BCUT2D eigenvalue weighted by molar-refractivity contribution is 5.94. The van der Waals surface area contributed by atoms with Crippen LogP contribution in [0.5, 0.6) is 0 Å². The zero-order valence-corrected chi connectivity index (χ0v) is 15.9. The lowest BCUT2D eigenvalue weighted by molar-refractivity contribution is -0.148. The Hall–Kier alpha value is -2.47. The highest BCUT2D eigenvalue weighted by Crippen LogP contribution is 2.06. The van der Waals surface area contributed by atoms with Crippen molar-refractivity contribution < 1.29 is 28.6 Å². The van der Waals surface area contributed by atoms with Crippen LogP contribution in [0.15, 0.2) is 42.5 Å². The number of hydrogen-bond donors (Lipinski definition) is 0. The van der Waals surface area contributed by atoms with Crippen molar-refractivity contribution in [2.24, 2.45) is 0 Å². The molecule has 0 radical (unpaired) electrons. The predicted octanol–water partition coefficient (Wildman–Crippen LogP) is 3.04. The van der Waals surface area contributed by atoms with Crippen molar-refractivity contribution in [2.75, 3.05) is 26.4 Å². The van der Waals surface area contributed by atoms with Crippen LogP contribution in [0.3, 0.4) is 0 Å². The van der Waals surface area contributed by atoms with Crippen LogP contribution >= 0.6 is 0 Å². The Morgan fingerprint density at radius 2 is 1.74 bits per heavy atom. The first-order valence-corrected chi connectivity index (χ1v) is 9.16. The summed E-state index contributed by atoms with van der Waals surface area (Å²) in [6.45, 7) is 6.33. The van der Waals surface area contributed by atoms with Crippen molar-refractivity contribution >= 4 is 17.7 Å². The molecule has 0 aliphatic heterocycles. The molecule has 0 spiro atoms. The molecule has 0 N–H and O–H groups in total. The fraction of sp³-hybridized carbons (Fsp3) is 0.476. The van der Waals surface area contributed by atoms with E-state index in [-0.39, 0.29) is 37.4 Å². The number of ether oxygens (including phenoxy) is 3. The van der Waals surface area contributed by atoms with E-state index in [1.165, 1.54) is 0 Å². The molecule has 0 heterocycles. The van der Waals surface area contributed by atoms with Crippen LogP contribution in [0.25, 0.3) is 0 Å². The van der Waals surface area contributed by atoms with Gasteiger partial charge < -0.3 is 14.2 Å². The predicted molar refractivity (Wildman–Crippen MR) is 101 cm³/mol. The van der Waals surface area contributed by atoms with Gasteiger partial charge in [-0.3, -0.25) is 9.59 Å². The van der Waals surface area contributed by atoms with Crippen LogP contribution in [-0.2, 0) is 35.0 Å². The first-order valence-electron chi connectivity index (χ1n) is 9.16. The lowest BCUT2D eigenvalue weighted by atomic mass is 10.1. The highest BCUT2D eigenvalue weighted by atomic mass is 16.6. The number of benzene rings is 1. The van der Waals surface area contributed by atoms with Crippen molar-refractivity contribution in [3.05, 3.63) is 48.0 Å². The van der Waals surface area contributed by atoms with Gasteiger partial charge in [0.1, 0.15) is 13.2 Å². The van der Waals surface area contributed by atoms with Gasteiger partial charge in [0.25, 0.3) is 0 Å². The van der Waals surface area contributed by atoms with Gasteiger partial charge in [0.15, 0.2) is 5.78 Å². The monoisotopic (exact) mass is 376 g/mol. The summed E-state index contributed by atoms with van der Waals surface area (Å²) >= 11 is 0. The van der Waals surface area contributed by atoms with Gasteiger partial charge >= 0.3 is 11.9 Å². The standard InChI is InChI=1S/C21H28O6/c1-3-4-12-25-13-14-26-20(23)15-17(2)21(24)27-16-19(22)11-10-18-8-6-5-7-9-18/h5-9H,2-4,10-16H2,1H3. The van der Waals surface area contributed by atoms with Gasteiger partial charge in [-0.15, -0.1) is 0 Å². The number of rotatable bonds is 14. The van der Waals surface area contributed by atoms with E-state index in [1.807, 2.05) is 30.3 Å². The molecule has 0 unspecified atom stereocenters. The van der Waals surface area contributed by atoms with Crippen molar-refractivity contribution in [3.63, 3.8) is 0 Å². The quantitative estimate of drug-likeness (QED) is 0.282. The average molecular weight is 376 g/mol. The Kier molecular flexibility index (Phi) is 11.4. The third-order valence-electron chi connectivity index (χ3n) is 3.68. The molecule has 0 atom stereocenters. The fourth-order valence-corrected chi connectivity index (χ4v) is 2.11. The third-order valence-corrected chi connectivity index (χ3v) is 3.68. The number of esters is 2. The van der Waals surface area contributed by atoms with Crippen molar-refractivity contribution in [1.82, 2.24) is 0 Å². The van der Waals surface area contributed by atoms with Crippen LogP contribution in [0.2, 0.25) is 0 Å². The molecule has 0 fully saturated rings. The highest BCUT2D eigenvalue weighted by Gasteiger charge is 2.15. The van der Waals surface area contributed by atoms with Gasteiger partial charge in [0, 0.05) is 18.6 Å². The zero-order valence-electron chi connectivity index (χ0n) is 15.9. The number of ketones is 1. The summed E-state index contributed by atoms with van der Waals surface area (Å²) in [5.41, 5.74) is 1.01. The molecule has 0 aromatic heterocycles. The van der Waals surface area contributed by atoms with Gasteiger partial charge in [-0.2, -0.15) is 0 Å². The molecule has 0 bridgehead atoms. The molecule has 1 aromatic rings. The summed E-state index contributed by atoms with van der Waals surface area (Å²) in [5, 5.41) is 0. The molecule has 27 heavy (non-hydrogen) atoms. The largest absolute Gasteiger partial charge is 0.463 e. The lowest BCUT2D eigenvalue weighted by Crippen LogP contribution is -2.18. The van der Waals surface area contributed by atoms with E-state index in [0.717, 1.165) is 18.4 Å². The van der Waals surface area contributed by atoms with Crippen molar-refractivity contribution in [1.29, 1.82) is 0 Å². The van der Waals surface area contributed by atoms with Crippen LogP contribution < -0.4 is 0 Å². The molecule has 0 saturated heterocycles. The van der Waals surface area contributed by atoms with E-state index >= 15 is 0 Å². The number of carbonyl (C=O) groups excluding carboxylic acids is 3. The first kappa shape index (κ1) is 22.6. The lowest BCUT2D eigenvalue weighted by Gasteiger charge is -2.08. The van der Waals surface area contributed by atoms with E-state index in [0.29, 0.717) is 19.6 Å². The van der Waals surface area contributed by atoms with E-state index < -0.39 is 11.9 Å². The Morgan fingerprint density at radius 3 is 2.44 bits per heavy atom. The van der Waals surface area contributed by atoms with Crippen molar-refractivity contribution in [3.8, 4) is 0 Å². The fourth-order valence-electron chi connectivity index (χ4n) is 2.11. The second-order valence-electron chi connectivity index (χ2n) is 6.07. The molecule has 0 aliphatic carbocycles. The Labute approximate surface area is 160 Å². The van der Waals surface area contributed by atoms with E-state index in [9.17, 15) is 14.4 Å². The number of carbonyl (C=O) groups is 3. The molecule has 6 heteroatoms. The normalized spacial score (nSPS) is 10.3. The summed E-state index contributed by atoms with van der Waals surface area (Å²) < 4.78 is 15.1. The topological polar surface area (TPSA) is 78.9 Å². The minimum Gasteiger partial charge on any atom is -0.463 e. The van der Waals surface area contributed by atoms with Gasteiger partial charge in [-0.05, 0) is 18.4 Å². The van der Waals surface area contributed by atoms with E-state index in [4.69, 9.17) is 14.2 Å². The molecule has 148 valence electrons. The van der Waals surface area contributed by atoms with Crippen LogP contribution in [-0.4, -0.2) is 44.1 Å². The minimum absolute atomic E-state index is 0.0391. The van der Waals surface area contributed by atoms with Gasteiger partial charge in [0.2, 0.25) is 0 Å². The van der Waals surface area contributed by atoms with Crippen LogP contribution in [0.4, 0.5) is 0 Å². The maximum atomic E-state index is 11.8. The Morgan fingerprint density at radius 1 is 1.00 bits per heavy atom. The molecule has 0 amide bonds. The maximum absolute atomic E-state index is 11.8. The van der Waals surface area contributed by atoms with Crippen LogP contribution in [0, 0.1) is 0 Å². The number of unbranched alkanes of at least 4 members (excludes halogenated alkanes) is 1. The van der Waals surface area contributed by atoms with Gasteiger partial charge in [-0.1, -0.05) is 50.3 Å². The van der Waals surface area contributed by atoms with E-state index in [1.54, 1.807) is 0 Å². The zero-order chi connectivity index (χ0) is 19.9. The summed E-state index contributed by atoms with van der Waals surface area (Å²) in [7, 11) is 0. The molecule has 0 aliphatic rings. The molecule has 0 saturated carbocycles. The average Bonchev–Trinajstić information content (AvgIpc) is 2.67. The maximum Gasteiger partial charge on any atom is 0.334 e. The summed E-state index contributed by atoms with van der Waals surface area (Å²) in [4.78, 5) is 35.2. The molecular formula is C21H28O6.